The first-order valence-electron chi connectivity index (χ1n) is 5.09. The summed E-state index contributed by atoms with van der Waals surface area (Å²) in [4.78, 5) is 0. The molecule has 0 saturated heterocycles. The molecule has 1 rings (SSSR count). The lowest BCUT2D eigenvalue weighted by atomic mass is 9.93. The molecule has 0 radical (unpaired) electrons. The zero-order chi connectivity index (χ0) is 10.6. The highest BCUT2D eigenvalue weighted by Crippen LogP contribution is 2.33. The van der Waals surface area contributed by atoms with Crippen LogP contribution in [0.4, 0.5) is 0 Å². The van der Waals surface area contributed by atoms with Crippen LogP contribution in [-0.4, -0.2) is 12.2 Å². The largest absolute Gasteiger partial charge is 0.508 e. The Balaban J connectivity index is 3.08. The van der Waals surface area contributed by atoms with E-state index in [1.165, 1.54) is 0 Å². The van der Waals surface area contributed by atoms with Crippen molar-refractivity contribution < 1.29 is 9.84 Å². The van der Waals surface area contributed by atoms with Crippen LogP contribution >= 0.6 is 0 Å². The Hall–Kier alpha value is -1.18. The molecular formula is C12H18O2. The number of rotatable bonds is 4. The van der Waals surface area contributed by atoms with Gasteiger partial charge in [-0.15, -0.1) is 0 Å². The molecular weight excluding hydrogens is 176 g/mol. The number of methoxy groups -OCH3 is 1. The van der Waals surface area contributed by atoms with Crippen molar-refractivity contribution >= 4 is 0 Å². The summed E-state index contributed by atoms with van der Waals surface area (Å²) in [5, 5.41) is 9.42. The van der Waals surface area contributed by atoms with Crippen LogP contribution in [0, 0.1) is 0 Å². The molecule has 0 aliphatic rings. The van der Waals surface area contributed by atoms with Gasteiger partial charge in [0, 0.05) is 5.56 Å². The average molecular weight is 194 g/mol. The van der Waals surface area contributed by atoms with Crippen molar-refractivity contribution in [2.24, 2.45) is 0 Å². The number of hydrogen-bond donors (Lipinski definition) is 1. The molecule has 0 bridgehead atoms. The van der Waals surface area contributed by atoms with Gasteiger partial charge in [0.25, 0.3) is 0 Å². The third kappa shape index (κ3) is 2.19. The van der Waals surface area contributed by atoms with Crippen molar-refractivity contribution in [1.82, 2.24) is 0 Å². The van der Waals surface area contributed by atoms with E-state index in [2.05, 4.69) is 13.8 Å². The molecule has 2 heteroatoms. The Morgan fingerprint density at radius 2 is 1.93 bits per heavy atom. The smallest absolute Gasteiger partial charge is 0.122 e. The standard InChI is InChI=1S/C12H18O2/c1-4-9(5-2)11-8-10(13)6-7-12(11)14-3/h6-9,13H,4-5H2,1-3H3. The molecule has 0 aliphatic heterocycles. The van der Waals surface area contributed by atoms with E-state index in [9.17, 15) is 5.11 Å². The van der Waals surface area contributed by atoms with Gasteiger partial charge in [0.15, 0.2) is 0 Å². The maximum absolute atomic E-state index is 9.42. The van der Waals surface area contributed by atoms with Crippen LogP contribution in [-0.2, 0) is 0 Å². The maximum Gasteiger partial charge on any atom is 0.122 e. The normalized spacial score (nSPS) is 10.6. The molecule has 0 saturated carbocycles. The zero-order valence-electron chi connectivity index (χ0n) is 9.08. The van der Waals surface area contributed by atoms with Crippen molar-refractivity contribution in [2.75, 3.05) is 7.11 Å². The summed E-state index contributed by atoms with van der Waals surface area (Å²) in [5.74, 6) is 1.65. The first-order valence-corrected chi connectivity index (χ1v) is 5.09. The van der Waals surface area contributed by atoms with E-state index >= 15 is 0 Å². The molecule has 1 N–H and O–H groups in total. The first-order chi connectivity index (χ1) is 6.72. The summed E-state index contributed by atoms with van der Waals surface area (Å²) in [7, 11) is 1.66. The Kier molecular flexibility index (Phi) is 3.81. The Labute approximate surface area is 85.5 Å². The molecule has 78 valence electrons. The van der Waals surface area contributed by atoms with Gasteiger partial charge in [-0.05, 0) is 37.0 Å². The first kappa shape index (κ1) is 10.9. The summed E-state index contributed by atoms with van der Waals surface area (Å²) < 4.78 is 5.27. The van der Waals surface area contributed by atoms with Crippen molar-refractivity contribution in [2.45, 2.75) is 32.6 Å². The van der Waals surface area contributed by atoms with Gasteiger partial charge in [-0.3, -0.25) is 0 Å². The van der Waals surface area contributed by atoms with Gasteiger partial charge >= 0.3 is 0 Å². The maximum atomic E-state index is 9.42. The minimum atomic E-state index is 0.313. The third-order valence-electron chi connectivity index (χ3n) is 2.64. The number of phenols is 1. The molecule has 0 aromatic heterocycles. The van der Waals surface area contributed by atoms with Crippen LogP contribution in [0.2, 0.25) is 0 Å². The van der Waals surface area contributed by atoms with E-state index in [0.29, 0.717) is 11.7 Å². The molecule has 1 aromatic carbocycles. The van der Waals surface area contributed by atoms with Crippen LogP contribution in [0.1, 0.15) is 38.2 Å². The van der Waals surface area contributed by atoms with Crippen molar-refractivity contribution in [3.05, 3.63) is 23.8 Å². The number of phenolic OH excluding ortho intramolecular Hbond substituents is 1. The van der Waals surface area contributed by atoms with Gasteiger partial charge in [0.2, 0.25) is 0 Å². The number of hydrogen-bond acceptors (Lipinski definition) is 2. The van der Waals surface area contributed by atoms with Gasteiger partial charge in [-0.1, -0.05) is 13.8 Å². The second-order valence-electron chi connectivity index (χ2n) is 3.44. The van der Waals surface area contributed by atoms with Crippen LogP contribution in [0.15, 0.2) is 18.2 Å². The van der Waals surface area contributed by atoms with Crippen molar-refractivity contribution in [3.63, 3.8) is 0 Å². The molecule has 0 unspecified atom stereocenters. The van der Waals surface area contributed by atoms with E-state index in [4.69, 9.17) is 4.74 Å². The minimum Gasteiger partial charge on any atom is -0.508 e. The van der Waals surface area contributed by atoms with Crippen LogP contribution < -0.4 is 4.74 Å². The fourth-order valence-electron chi connectivity index (χ4n) is 1.77. The lowest BCUT2D eigenvalue weighted by Gasteiger charge is -2.16. The Bertz CT molecular complexity index is 290. The summed E-state index contributed by atoms with van der Waals surface area (Å²) in [6, 6.07) is 5.28. The quantitative estimate of drug-likeness (QED) is 0.796. The molecule has 1 aromatic rings. The molecule has 0 spiro atoms. The average Bonchev–Trinajstić information content (AvgIpc) is 2.20. The molecule has 0 heterocycles. The van der Waals surface area contributed by atoms with Gasteiger partial charge in [-0.2, -0.15) is 0 Å². The van der Waals surface area contributed by atoms with Crippen molar-refractivity contribution in [1.29, 1.82) is 0 Å². The van der Waals surface area contributed by atoms with Gasteiger partial charge in [0.1, 0.15) is 11.5 Å². The highest BCUT2D eigenvalue weighted by Gasteiger charge is 2.12. The highest BCUT2D eigenvalue weighted by molar-refractivity contribution is 5.41. The van der Waals surface area contributed by atoms with E-state index in [-0.39, 0.29) is 0 Å². The van der Waals surface area contributed by atoms with Gasteiger partial charge in [-0.25, -0.2) is 0 Å². The monoisotopic (exact) mass is 194 g/mol. The lowest BCUT2D eigenvalue weighted by molar-refractivity contribution is 0.400. The summed E-state index contributed by atoms with van der Waals surface area (Å²) in [5.41, 5.74) is 1.11. The second kappa shape index (κ2) is 4.89. The van der Waals surface area contributed by atoms with Crippen LogP contribution in [0.3, 0.4) is 0 Å². The number of ether oxygens (including phenoxy) is 1. The zero-order valence-corrected chi connectivity index (χ0v) is 9.08. The highest BCUT2D eigenvalue weighted by atomic mass is 16.5. The number of benzene rings is 1. The summed E-state index contributed by atoms with van der Waals surface area (Å²) >= 11 is 0. The topological polar surface area (TPSA) is 29.5 Å². The van der Waals surface area contributed by atoms with Gasteiger partial charge < -0.3 is 9.84 Å². The summed E-state index contributed by atoms with van der Waals surface area (Å²) in [6.45, 7) is 4.30. The molecule has 14 heavy (non-hydrogen) atoms. The van der Waals surface area contributed by atoms with E-state index in [1.54, 1.807) is 19.2 Å². The predicted octanol–water partition coefficient (Wildman–Crippen LogP) is 3.30. The Morgan fingerprint density at radius 1 is 1.29 bits per heavy atom. The van der Waals surface area contributed by atoms with Gasteiger partial charge in [0.05, 0.1) is 7.11 Å². The predicted molar refractivity (Wildman–Crippen MR) is 58.0 cm³/mol. The van der Waals surface area contributed by atoms with E-state index in [0.717, 1.165) is 24.2 Å². The molecule has 2 nitrogen and oxygen atoms in total. The summed E-state index contributed by atoms with van der Waals surface area (Å²) in [6.07, 6.45) is 2.13. The number of aromatic hydroxyl groups is 1. The fraction of sp³-hybridized carbons (Fsp3) is 0.500. The second-order valence-corrected chi connectivity index (χ2v) is 3.44. The molecule has 0 fully saturated rings. The minimum absolute atomic E-state index is 0.313. The Morgan fingerprint density at radius 3 is 2.43 bits per heavy atom. The SMILES string of the molecule is CCC(CC)c1cc(O)ccc1OC. The molecule has 0 atom stereocenters. The lowest BCUT2D eigenvalue weighted by Crippen LogP contribution is -1.98. The van der Waals surface area contributed by atoms with Crippen LogP contribution in [0.25, 0.3) is 0 Å². The van der Waals surface area contributed by atoms with E-state index in [1.807, 2.05) is 6.07 Å². The molecule has 0 aliphatic carbocycles. The third-order valence-corrected chi connectivity index (χ3v) is 2.64. The molecule has 0 amide bonds. The van der Waals surface area contributed by atoms with E-state index < -0.39 is 0 Å². The fourth-order valence-corrected chi connectivity index (χ4v) is 1.77. The van der Waals surface area contributed by atoms with Crippen molar-refractivity contribution in [3.8, 4) is 11.5 Å². The van der Waals surface area contributed by atoms with Crippen LogP contribution in [0.5, 0.6) is 11.5 Å².